The molecule has 2 amide bonds. The molecule has 0 aromatic heterocycles. The maximum Gasteiger partial charge on any atom is 0.264 e. The molecule has 41 heavy (non-hydrogen) atoms. The molecule has 2 atom stereocenters. The topological polar surface area (TPSA) is 96.0 Å². The molecular formula is C30H35Cl2N3O5S. The van der Waals surface area contributed by atoms with Crippen molar-refractivity contribution in [2.75, 3.05) is 18.0 Å². The number of nitrogens with zero attached hydrogens (tertiary/aromatic N) is 2. The van der Waals surface area contributed by atoms with E-state index in [-0.39, 0.29) is 29.1 Å². The minimum atomic E-state index is -4.21. The Labute approximate surface area is 252 Å². The first-order valence-corrected chi connectivity index (χ1v) is 15.5. The molecule has 0 radical (unpaired) electrons. The monoisotopic (exact) mass is 619 g/mol. The lowest BCUT2D eigenvalue weighted by Gasteiger charge is -2.33. The molecule has 11 heteroatoms. The highest BCUT2D eigenvalue weighted by molar-refractivity contribution is 7.92. The number of amides is 2. The molecule has 0 saturated heterocycles. The molecule has 0 aliphatic rings. The summed E-state index contributed by atoms with van der Waals surface area (Å²) in [5.74, 6) is -0.358. The molecule has 0 fully saturated rings. The third kappa shape index (κ3) is 8.38. The van der Waals surface area contributed by atoms with E-state index in [0.29, 0.717) is 22.2 Å². The number of anilines is 1. The summed E-state index contributed by atoms with van der Waals surface area (Å²) in [4.78, 5) is 28.8. The van der Waals surface area contributed by atoms with Gasteiger partial charge in [-0.05, 0) is 86.0 Å². The molecule has 0 bridgehead atoms. The molecule has 0 spiro atoms. The van der Waals surface area contributed by atoms with Crippen LogP contribution in [0.5, 0.6) is 5.75 Å². The Hall–Kier alpha value is -3.27. The standard InChI is InChI=1S/C30H35Cl2N3O5S/c1-5-21(3)33-30(37)28(6-2)34(19-22-7-9-23(31)10-8-22)29(36)20-35(25-13-11-24(32)12-14-25)41(38,39)27-17-15-26(40-4)16-18-27/h7-18,21,28H,5-6,19-20H2,1-4H3,(H,33,37)/t21-,28-/m0/s1. The number of rotatable bonds is 13. The van der Waals surface area contributed by atoms with Crippen LogP contribution in [0.15, 0.2) is 77.7 Å². The molecule has 0 saturated carbocycles. The maximum absolute atomic E-state index is 14.1. The van der Waals surface area contributed by atoms with Gasteiger partial charge in [-0.2, -0.15) is 0 Å². The van der Waals surface area contributed by atoms with Gasteiger partial charge in [0, 0.05) is 22.6 Å². The van der Waals surface area contributed by atoms with Crippen LogP contribution in [0.3, 0.4) is 0 Å². The molecular weight excluding hydrogens is 585 g/mol. The number of ether oxygens (including phenoxy) is 1. The molecule has 3 aromatic carbocycles. The minimum Gasteiger partial charge on any atom is -0.497 e. The highest BCUT2D eigenvalue weighted by atomic mass is 35.5. The van der Waals surface area contributed by atoms with Crippen molar-refractivity contribution in [3.8, 4) is 5.75 Å². The molecule has 3 rings (SSSR count). The maximum atomic E-state index is 14.1. The Morgan fingerprint density at radius 3 is 1.95 bits per heavy atom. The van der Waals surface area contributed by atoms with Crippen molar-refractivity contribution in [1.29, 1.82) is 0 Å². The molecule has 220 valence electrons. The first kappa shape index (κ1) is 32.2. The van der Waals surface area contributed by atoms with Crippen LogP contribution in [0.25, 0.3) is 0 Å². The predicted octanol–water partition coefficient (Wildman–Crippen LogP) is 5.92. The molecule has 0 heterocycles. The second kappa shape index (κ2) is 14.6. The van der Waals surface area contributed by atoms with Crippen molar-refractivity contribution in [3.63, 3.8) is 0 Å². The van der Waals surface area contributed by atoms with Crippen LogP contribution in [-0.2, 0) is 26.2 Å². The molecule has 1 N–H and O–H groups in total. The van der Waals surface area contributed by atoms with E-state index in [0.717, 1.165) is 16.3 Å². The highest BCUT2D eigenvalue weighted by Crippen LogP contribution is 2.27. The van der Waals surface area contributed by atoms with Crippen LogP contribution in [-0.4, -0.2) is 50.9 Å². The van der Waals surface area contributed by atoms with Crippen molar-refractivity contribution >= 4 is 50.7 Å². The second-order valence-corrected chi connectivity index (χ2v) is 12.3. The smallest absolute Gasteiger partial charge is 0.264 e. The number of nitrogens with one attached hydrogen (secondary N) is 1. The highest BCUT2D eigenvalue weighted by Gasteiger charge is 2.34. The van der Waals surface area contributed by atoms with E-state index in [1.54, 1.807) is 36.4 Å². The van der Waals surface area contributed by atoms with Crippen molar-refractivity contribution in [1.82, 2.24) is 10.2 Å². The SMILES string of the molecule is CC[C@H](C)NC(=O)[C@H](CC)N(Cc1ccc(Cl)cc1)C(=O)CN(c1ccc(Cl)cc1)S(=O)(=O)c1ccc(OC)cc1. The normalized spacial score (nSPS) is 12.7. The van der Waals surface area contributed by atoms with E-state index >= 15 is 0 Å². The summed E-state index contributed by atoms with van der Waals surface area (Å²) in [6.45, 7) is 5.19. The zero-order valence-electron chi connectivity index (χ0n) is 23.5. The fourth-order valence-electron chi connectivity index (χ4n) is 4.16. The van der Waals surface area contributed by atoms with E-state index in [1.165, 1.54) is 48.4 Å². The lowest BCUT2D eigenvalue weighted by atomic mass is 10.1. The lowest BCUT2D eigenvalue weighted by molar-refractivity contribution is -0.140. The van der Waals surface area contributed by atoms with Gasteiger partial charge in [-0.1, -0.05) is 49.2 Å². The van der Waals surface area contributed by atoms with E-state index in [9.17, 15) is 18.0 Å². The van der Waals surface area contributed by atoms with Gasteiger partial charge in [0.25, 0.3) is 10.0 Å². The van der Waals surface area contributed by atoms with Crippen molar-refractivity contribution in [3.05, 3.63) is 88.4 Å². The number of carbonyl (C=O) groups is 2. The molecule has 0 aliphatic heterocycles. The Morgan fingerprint density at radius 2 is 1.44 bits per heavy atom. The number of benzene rings is 3. The van der Waals surface area contributed by atoms with Crippen LogP contribution in [0, 0.1) is 0 Å². The number of hydrogen-bond donors (Lipinski definition) is 1. The number of halogens is 2. The summed E-state index contributed by atoms with van der Waals surface area (Å²) in [7, 11) is -2.72. The van der Waals surface area contributed by atoms with Crippen molar-refractivity contribution in [2.24, 2.45) is 0 Å². The number of hydrogen-bond acceptors (Lipinski definition) is 5. The summed E-state index contributed by atoms with van der Waals surface area (Å²) in [6, 6.07) is 18.1. The third-order valence-electron chi connectivity index (χ3n) is 6.69. The van der Waals surface area contributed by atoms with E-state index < -0.39 is 28.5 Å². The van der Waals surface area contributed by atoms with E-state index in [4.69, 9.17) is 27.9 Å². The Balaban J connectivity index is 2.05. The lowest BCUT2D eigenvalue weighted by Crippen LogP contribution is -2.53. The van der Waals surface area contributed by atoms with Gasteiger partial charge in [0.05, 0.1) is 17.7 Å². The van der Waals surface area contributed by atoms with Gasteiger partial charge in [0.2, 0.25) is 11.8 Å². The number of carbonyl (C=O) groups excluding carboxylic acids is 2. The van der Waals surface area contributed by atoms with Crippen LogP contribution in [0.1, 0.15) is 39.2 Å². The quantitative estimate of drug-likeness (QED) is 0.256. The Morgan fingerprint density at radius 1 is 0.878 bits per heavy atom. The largest absolute Gasteiger partial charge is 0.497 e. The van der Waals surface area contributed by atoms with E-state index in [2.05, 4.69) is 5.32 Å². The van der Waals surface area contributed by atoms with Crippen LogP contribution in [0.2, 0.25) is 10.0 Å². The predicted molar refractivity (Wildman–Crippen MR) is 163 cm³/mol. The van der Waals surface area contributed by atoms with Gasteiger partial charge < -0.3 is 15.0 Å². The fourth-order valence-corrected chi connectivity index (χ4v) is 5.82. The summed E-state index contributed by atoms with van der Waals surface area (Å²) in [5, 5.41) is 3.91. The first-order chi connectivity index (χ1) is 19.5. The Bertz CT molecular complexity index is 1420. The summed E-state index contributed by atoms with van der Waals surface area (Å²) in [6.07, 6.45) is 1.05. The number of sulfonamides is 1. The molecule has 8 nitrogen and oxygen atoms in total. The van der Waals surface area contributed by atoms with Crippen molar-refractivity contribution < 1.29 is 22.7 Å². The molecule has 0 unspecified atom stereocenters. The summed E-state index contributed by atoms with van der Waals surface area (Å²) >= 11 is 12.1. The van der Waals surface area contributed by atoms with Gasteiger partial charge in [0.15, 0.2) is 0 Å². The van der Waals surface area contributed by atoms with Gasteiger partial charge in [-0.25, -0.2) is 8.42 Å². The average Bonchev–Trinajstić information content (AvgIpc) is 2.97. The van der Waals surface area contributed by atoms with Crippen LogP contribution < -0.4 is 14.4 Å². The zero-order chi connectivity index (χ0) is 30.2. The van der Waals surface area contributed by atoms with E-state index in [1.807, 2.05) is 20.8 Å². The minimum absolute atomic E-state index is 0.0214. The zero-order valence-corrected chi connectivity index (χ0v) is 25.8. The second-order valence-electron chi connectivity index (χ2n) is 9.55. The Kier molecular flexibility index (Phi) is 11.5. The van der Waals surface area contributed by atoms with Crippen LogP contribution >= 0.6 is 23.2 Å². The molecule has 3 aromatic rings. The first-order valence-electron chi connectivity index (χ1n) is 13.3. The van der Waals surface area contributed by atoms with Gasteiger partial charge in [-0.15, -0.1) is 0 Å². The van der Waals surface area contributed by atoms with Crippen LogP contribution in [0.4, 0.5) is 5.69 Å². The average molecular weight is 621 g/mol. The fraction of sp³-hybridized carbons (Fsp3) is 0.333. The summed E-state index contributed by atoms with van der Waals surface area (Å²) in [5.41, 5.74) is 0.996. The molecule has 0 aliphatic carbocycles. The summed E-state index contributed by atoms with van der Waals surface area (Å²) < 4.78 is 34.0. The van der Waals surface area contributed by atoms with Gasteiger partial charge >= 0.3 is 0 Å². The van der Waals surface area contributed by atoms with Gasteiger partial charge in [-0.3, -0.25) is 13.9 Å². The van der Waals surface area contributed by atoms with Crippen molar-refractivity contribution in [2.45, 2.75) is 57.1 Å². The third-order valence-corrected chi connectivity index (χ3v) is 8.99. The number of methoxy groups -OCH3 is 1. The van der Waals surface area contributed by atoms with Gasteiger partial charge in [0.1, 0.15) is 18.3 Å².